The summed E-state index contributed by atoms with van der Waals surface area (Å²) in [6.07, 6.45) is 0. The monoisotopic (exact) mass is 192 g/mol. The third-order valence-corrected chi connectivity index (χ3v) is 2.78. The lowest BCUT2D eigenvalue weighted by molar-refractivity contribution is 0.882. The molecule has 1 aliphatic rings. The van der Waals surface area contributed by atoms with Crippen LogP contribution in [0.3, 0.4) is 0 Å². The van der Waals surface area contributed by atoms with Gasteiger partial charge in [-0.2, -0.15) is 4.40 Å². The average molecular weight is 192 g/mol. The largest absolute Gasteiger partial charge is 0.342 e. The lowest BCUT2D eigenvalue weighted by Gasteiger charge is -2.19. The standard InChI is InChI=1S/C10H12N2S/c1-7(2)10-11-8-5-3-4-6-9(8)13-12-10/h3-7H,1-2H3,(H,11,12). The van der Waals surface area contributed by atoms with E-state index in [4.69, 9.17) is 0 Å². The van der Waals surface area contributed by atoms with Crippen molar-refractivity contribution >= 4 is 23.5 Å². The fraction of sp³-hybridized carbons (Fsp3) is 0.300. The SMILES string of the molecule is CC(C)C1=NSc2ccccc2N1. The summed E-state index contributed by atoms with van der Waals surface area (Å²) in [7, 11) is 0. The molecule has 0 fully saturated rings. The van der Waals surface area contributed by atoms with E-state index in [9.17, 15) is 0 Å². The lowest BCUT2D eigenvalue weighted by Crippen LogP contribution is -2.20. The zero-order valence-corrected chi connectivity index (χ0v) is 8.56. The molecule has 1 heterocycles. The smallest absolute Gasteiger partial charge is 0.117 e. The second kappa shape index (κ2) is 3.42. The van der Waals surface area contributed by atoms with Crippen molar-refractivity contribution in [1.29, 1.82) is 0 Å². The number of hydrogen-bond donors (Lipinski definition) is 1. The van der Waals surface area contributed by atoms with E-state index in [1.165, 1.54) is 10.6 Å². The molecule has 0 saturated carbocycles. The van der Waals surface area contributed by atoms with Gasteiger partial charge in [0.05, 0.1) is 10.6 Å². The van der Waals surface area contributed by atoms with Crippen LogP contribution < -0.4 is 5.32 Å². The van der Waals surface area contributed by atoms with Crippen LogP contribution in [0, 0.1) is 5.92 Å². The molecule has 2 nitrogen and oxygen atoms in total. The zero-order valence-electron chi connectivity index (χ0n) is 7.74. The molecule has 0 saturated heterocycles. The van der Waals surface area contributed by atoms with Crippen LogP contribution in [0.5, 0.6) is 0 Å². The highest BCUT2D eigenvalue weighted by Gasteiger charge is 2.13. The van der Waals surface area contributed by atoms with E-state index in [1.807, 2.05) is 12.1 Å². The Hall–Kier alpha value is -0.960. The molecule has 3 heteroatoms. The molecule has 0 radical (unpaired) electrons. The fourth-order valence-electron chi connectivity index (χ4n) is 1.16. The highest BCUT2D eigenvalue weighted by atomic mass is 32.2. The van der Waals surface area contributed by atoms with Crippen LogP contribution in [-0.2, 0) is 0 Å². The zero-order chi connectivity index (χ0) is 9.26. The van der Waals surface area contributed by atoms with Gasteiger partial charge in [0, 0.05) is 17.9 Å². The van der Waals surface area contributed by atoms with Gasteiger partial charge in [0.2, 0.25) is 0 Å². The summed E-state index contributed by atoms with van der Waals surface area (Å²) in [5, 5.41) is 3.33. The van der Waals surface area contributed by atoms with Gasteiger partial charge in [-0.15, -0.1) is 0 Å². The summed E-state index contributed by atoms with van der Waals surface area (Å²) in [5.74, 6) is 1.52. The molecule has 13 heavy (non-hydrogen) atoms. The van der Waals surface area contributed by atoms with Crippen molar-refractivity contribution in [3.63, 3.8) is 0 Å². The topological polar surface area (TPSA) is 24.4 Å². The van der Waals surface area contributed by atoms with E-state index < -0.39 is 0 Å². The number of para-hydroxylation sites is 1. The Labute approximate surface area is 82.6 Å². The van der Waals surface area contributed by atoms with Crippen molar-refractivity contribution in [3.8, 4) is 0 Å². The quantitative estimate of drug-likeness (QED) is 0.691. The average Bonchev–Trinajstić information content (AvgIpc) is 2.17. The van der Waals surface area contributed by atoms with E-state index in [0.29, 0.717) is 5.92 Å². The molecule has 1 aliphatic heterocycles. The van der Waals surface area contributed by atoms with E-state index in [1.54, 1.807) is 11.9 Å². The Balaban J connectivity index is 2.28. The minimum atomic E-state index is 0.459. The van der Waals surface area contributed by atoms with E-state index >= 15 is 0 Å². The van der Waals surface area contributed by atoms with Crippen LogP contribution in [0.1, 0.15) is 13.8 Å². The summed E-state index contributed by atoms with van der Waals surface area (Å²) in [4.78, 5) is 1.20. The van der Waals surface area contributed by atoms with Gasteiger partial charge >= 0.3 is 0 Å². The molecular formula is C10H12N2S. The van der Waals surface area contributed by atoms with Crippen molar-refractivity contribution in [1.82, 2.24) is 0 Å². The van der Waals surface area contributed by atoms with Gasteiger partial charge in [-0.1, -0.05) is 26.0 Å². The summed E-state index contributed by atoms with van der Waals surface area (Å²) in [5.41, 5.74) is 1.17. The molecule has 0 aliphatic carbocycles. The third kappa shape index (κ3) is 1.70. The van der Waals surface area contributed by atoms with Gasteiger partial charge in [0.15, 0.2) is 0 Å². The van der Waals surface area contributed by atoms with Crippen LogP contribution in [0.2, 0.25) is 0 Å². The highest BCUT2D eigenvalue weighted by Crippen LogP contribution is 2.32. The maximum Gasteiger partial charge on any atom is 0.117 e. The van der Waals surface area contributed by atoms with Crippen LogP contribution in [-0.4, -0.2) is 5.84 Å². The fourth-order valence-corrected chi connectivity index (χ4v) is 1.97. The molecule has 0 amide bonds. The number of benzene rings is 1. The number of nitrogens with zero attached hydrogens (tertiary/aromatic N) is 1. The Morgan fingerprint density at radius 1 is 1.31 bits per heavy atom. The summed E-state index contributed by atoms with van der Waals surface area (Å²) < 4.78 is 4.39. The molecule has 0 aromatic heterocycles. The van der Waals surface area contributed by atoms with Crippen LogP contribution in [0.25, 0.3) is 0 Å². The first-order valence-corrected chi connectivity index (χ1v) is 5.15. The number of hydrogen-bond acceptors (Lipinski definition) is 3. The van der Waals surface area contributed by atoms with Gasteiger partial charge in [-0.3, -0.25) is 0 Å². The molecular weight excluding hydrogens is 180 g/mol. The number of anilines is 1. The Bertz CT molecular complexity index is 345. The molecule has 68 valence electrons. The predicted octanol–water partition coefficient (Wildman–Crippen LogP) is 3.17. The van der Waals surface area contributed by atoms with Crippen LogP contribution >= 0.6 is 11.9 Å². The summed E-state index contributed by atoms with van der Waals surface area (Å²) in [6.45, 7) is 4.28. The predicted molar refractivity (Wildman–Crippen MR) is 58.2 cm³/mol. The molecule has 1 aromatic carbocycles. The van der Waals surface area contributed by atoms with Crippen molar-refractivity contribution in [2.45, 2.75) is 18.7 Å². The second-order valence-corrected chi connectivity index (χ2v) is 4.15. The number of amidine groups is 1. The van der Waals surface area contributed by atoms with Crippen molar-refractivity contribution in [2.24, 2.45) is 10.3 Å². The number of fused-ring (bicyclic) bond motifs is 1. The van der Waals surface area contributed by atoms with Crippen LogP contribution in [0.15, 0.2) is 33.6 Å². The maximum absolute atomic E-state index is 4.39. The Kier molecular flexibility index (Phi) is 2.27. The van der Waals surface area contributed by atoms with Gasteiger partial charge in [-0.25, -0.2) is 0 Å². The van der Waals surface area contributed by atoms with Crippen molar-refractivity contribution < 1.29 is 0 Å². The van der Waals surface area contributed by atoms with Gasteiger partial charge in [0.1, 0.15) is 5.84 Å². The second-order valence-electron chi connectivity index (χ2n) is 3.34. The van der Waals surface area contributed by atoms with Gasteiger partial charge in [-0.05, 0) is 12.1 Å². The van der Waals surface area contributed by atoms with Crippen LogP contribution in [0.4, 0.5) is 5.69 Å². The minimum absolute atomic E-state index is 0.459. The molecule has 1 N–H and O–H groups in total. The molecule has 0 bridgehead atoms. The van der Waals surface area contributed by atoms with Gasteiger partial charge in [0.25, 0.3) is 0 Å². The van der Waals surface area contributed by atoms with Gasteiger partial charge < -0.3 is 5.32 Å². The third-order valence-electron chi connectivity index (χ3n) is 1.94. The highest BCUT2D eigenvalue weighted by molar-refractivity contribution is 7.98. The summed E-state index contributed by atoms with van der Waals surface area (Å²) >= 11 is 1.55. The number of rotatable bonds is 1. The minimum Gasteiger partial charge on any atom is -0.342 e. The summed E-state index contributed by atoms with van der Waals surface area (Å²) in [6, 6.07) is 8.23. The number of nitrogens with one attached hydrogen (secondary N) is 1. The lowest BCUT2D eigenvalue weighted by atomic mass is 10.2. The van der Waals surface area contributed by atoms with Crippen molar-refractivity contribution in [3.05, 3.63) is 24.3 Å². The molecule has 2 rings (SSSR count). The van der Waals surface area contributed by atoms with E-state index in [0.717, 1.165) is 5.84 Å². The van der Waals surface area contributed by atoms with E-state index in [2.05, 4.69) is 35.7 Å². The Morgan fingerprint density at radius 3 is 2.85 bits per heavy atom. The molecule has 0 unspecified atom stereocenters. The molecule has 0 atom stereocenters. The Morgan fingerprint density at radius 2 is 2.08 bits per heavy atom. The van der Waals surface area contributed by atoms with E-state index in [-0.39, 0.29) is 0 Å². The molecule has 0 spiro atoms. The first kappa shape index (κ1) is 8.63. The van der Waals surface area contributed by atoms with Crippen molar-refractivity contribution in [2.75, 3.05) is 5.32 Å². The molecule has 1 aromatic rings. The first-order valence-electron chi connectivity index (χ1n) is 4.38. The normalized spacial score (nSPS) is 14.8. The maximum atomic E-state index is 4.39. The first-order chi connectivity index (χ1) is 6.27.